The molecule has 1 N–H and O–H groups in total. The standard InChI is InChI=1S/C15H21N3O3/c1-15(2)12-8-16-7-10(12)9-17(15)13-5-4-11(21-3)6-14(13)18(19)20/h4-6,10,12,16H,7-9H2,1-3H3. The van der Waals surface area contributed by atoms with E-state index in [1.807, 2.05) is 6.07 Å². The van der Waals surface area contributed by atoms with E-state index in [1.165, 1.54) is 13.2 Å². The fraction of sp³-hybridized carbons (Fsp3) is 0.600. The first-order valence-corrected chi connectivity index (χ1v) is 7.26. The van der Waals surface area contributed by atoms with Gasteiger partial charge in [0.15, 0.2) is 0 Å². The lowest BCUT2D eigenvalue weighted by Gasteiger charge is -2.37. The van der Waals surface area contributed by atoms with Gasteiger partial charge in [-0.05, 0) is 37.8 Å². The minimum absolute atomic E-state index is 0.0898. The van der Waals surface area contributed by atoms with Crippen LogP contribution in [0.25, 0.3) is 0 Å². The number of hydrogen-bond donors (Lipinski definition) is 1. The second-order valence-electron chi connectivity index (χ2n) is 6.40. The fourth-order valence-corrected chi connectivity index (χ4v) is 3.83. The molecule has 6 heteroatoms. The molecule has 2 atom stereocenters. The summed E-state index contributed by atoms with van der Waals surface area (Å²) in [5.41, 5.74) is 0.726. The number of nitro benzene ring substituents is 1. The Hall–Kier alpha value is -1.82. The first kappa shape index (κ1) is 14.1. The third-order valence-corrected chi connectivity index (χ3v) is 5.03. The van der Waals surface area contributed by atoms with Crippen molar-refractivity contribution in [3.63, 3.8) is 0 Å². The second-order valence-corrected chi connectivity index (χ2v) is 6.40. The van der Waals surface area contributed by atoms with Crippen LogP contribution < -0.4 is 15.0 Å². The van der Waals surface area contributed by atoms with Gasteiger partial charge in [-0.25, -0.2) is 0 Å². The molecule has 2 unspecified atom stereocenters. The summed E-state index contributed by atoms with van der Waals surface area (Å²) in [4.78, 5) is 13.3. The van der Waals surface area contributed by atoms with E-state index in [2.05, 4.69) is 24.1 Å². The van der Waals surface area contributed by atoms with E-state index in [-0.39, 0.29) is 16.1 Å². The predicted molar refractivity (Wildman–Crippen MR) is 80.9 cm³/mol. The highest BCUT2D eigenvalue weighted by Gasteiger charge is 2.50. The van der Waals surface area contributed by atoms with Gasteiger partial charge in [0.25, 0.3) is 5.69 Å². The first-order valence-electron chi connectivity index (χ1n) is 7.26. The van der Waals surface area contributed by atoms with Gasteiger partial charge >= 0.3 is 0 Å². The quantitative estimate of drug-likeness (QED) is 0.682. The summed E-state index contributed by atoms with van der Waals surface area (Å²) in [5, 5.41) is 14.8. The lowest BCUT2D eigenvalue weighted by atomic mass is 9.84. The molecule has 2 fully saturated rings. The van der Waals surface area contributed by atoms with Crippen LogP contribution in [0, 0.1) is 22.0 Å². The van der Waals surface area contributed by atoms with E-state index in [0.29, 0.717) is 23.3 Å². The van der Waals surface area contributed by atoms with E-state index in [4.69, 9.17) is 4.74 Å². The number of nitro groups is 1. The molecule has 6 nitrogen and oxygen atoms in total. The van der Waals surface area contributed by atoms with Crippen LogP contribution in [-0.2, 0) is 0 Å². The molecule has 21 heavy (non-hydrogen) atoms. The Bertz CT molecular complexity index is 573. The number of rotatable bonds is 3. The van der Waals surface area contributed by atoms with Gasteiger partial charge in [-0.1, -0.05) is 0 Å². The van der Waals surface area contributed by atoms with E-state index >= 15 is 0 Å². The maximum absolute atomic E-state index is 11.4. The molecule has 2 heterocycles. The first-order chi connectivity index (χ1) is 9.95. The number of benzene rings is 1. The second kappa shape index (κ2) is 4.87. The Balaban J connectivity index is 2.02. The van der Waals surface area contributed by atoms with Crippen LogP contribution in [0.4, 0.5) is 11.4 Å². The van der Waals surface area contributed by atoms with Crippen LogP contribution in [0.3, 0.4) is 0 Å². The molecule has 0 bridgehead atoms. The molecule has 114 valence electrons. The maximum atomic E-state index is 11.4. The van der Waals surface area contributed by atoms with Crippen molar-refractivity contribution in [2.45, 2.75) is 19.4 Å². The number of hydrogen-bond acceptors (Lipinski definition) is 5. The van der Waals surface area contributed by atoms with Gasteiger partial charge in [0.1, 0.15) is 11.4 Å². The molecule has 0 aliphatic carbocycles. The van der Waals surface area contributed by atoms with Crippen LogP contribution in [0.1, 0.15) is 13.8 Å². The Kier molecular flexibility index (Phi) is 3.28. The molecule has 2 aliphatic heterocycles. The SMILES string of the molecule is COc1ccc(N2CC3CNCC3C2(C)C)c([N+](=O)[O-])c1. The molecule has 0 radical (unpaired) electrons. The molecule has 3 rings (SSSR count). The molecule has 0 amide bonds. The number of nitrogens with zero attached hydrogens (tertiary/aromatic N) is 2. The third-order valence-electron chi connectivity index (χ3n) is 5.03. The topological polar surface area (TPSA) is 67.6 Å². The largest absolute Gasteiger partial charge is 0.496 e. The number of nitrogens with one attached hydrogen (secondary N) is 1. The number of fused-ring (bicyclic) bond motifs is 1. The highest BCUT2D eigenvalue weighted by Crippen LogP contribution is 2.46. The van der Waals surface area contributed by atoms with Gasteiger partial charge in [0.05, 0.1) is 18.1 Å². The van der Waals surface area contributed by atoms with E-state index in [1.54, 1.807) is 6.07 Å². The van der Waals surface area contributed by atoms with Gasteiger partial charge in [0.2, 0.25) is 0 Å². The Morgan fingerprint density at radius 1 is 1.43 bits per heavy atom. The smallest absolute Gasteiger partial charge is 0.296 e. The van der Waals surface area contributed by atoms with Crippen LogP contribution in [0.5, 0.6) is 5.75 Å². The van der Waals surface area contributed by atoms with Crippen molar-refractivity contribution in [3.8, 4) is 5.75 Å². The molecule has 2 aliphatic rings. The molecule has 2 saturated heterocycles. The maximum Gasteiger partial charge on any atom is 0.296 e. The summed E-state index contributed by atoms with van der Waals surface area (Å²) in [6, 6.07) is 5.12. The summed E-state index contributed by atoms with van der Waals surface area (Å²) < 4.78 is 5.12. The zero-order valence-electron chi connectivity index (χ0n) is 12.6. The van der Waals surface area contributed by atoms with Crippen molar-refractivity contribution in [2.75, 3.05) is 31.6 Å². The number of methoxy groups -OCH3 is 1. The van der Waals surface area contributed by atoms with Crippen LogP contribution in [0.2, 0.25) is 0 Å². The Morgan fingerprint density at radius 2 is 2.19 bits per heavy atom. The van der Waals surface area contributed by atoms with Gasteiger partial charge < -0.3 is 15.0 Å². The average Bonchev–Trinajstić information content (AvgIpc) is 3.00. The Morgan fingerprint density at radius 3 is 2.81 bits per heavy atom. The normalized spacial score (nSPS) is 26.7. The van der Waals surface area contributed by atoms with Gasteiger partial charge in [-0.2, -0.15) is 0 Å². The molecule has 0 spiro atoms. The molecule has 1 aromatic carbocycles. The minimum atomic E-state index is -0.319. The average molecular weight is 291 g/mol. The molecule has 0 saturated carbocycles. The van der Waals surface area contributed by atoms with Crippen molar-refractivity contribution in [1.29, 1.82) is 0 Å². The molecular weight excluding hydrogens is 270 g/mol. The van der Waals surface area contributed by atoms with Gasteiger partial charge in [-0.3, -0.25) is 10.1 Å². The van der Waals surface area contributed by atoms with Crippen LogP contribution in [0.15, 0.2) is 18.2 Å². The number of anilines is 1. The van der Waals surface area contributed by atoms with Crippen molar-refractivity contribution < 1.29 is 9.66 Å². The summed E-state index contributed by atoms with van der Waals surface area (Å²) in [6.45, 7) is 7.20. The fourth-order valence-electron chi connectivity index (χ4n) is 3.83. The zero-order valence-corrected chi connectivity index (χ0v) is 12.6. The predicted octanol–water partition coefficient (Wildman–Crippen LogP) is 2.04. The highest BCUT2D eigenvalue weighted by atomic mass is 16.6. The monoisotopic (exact) mass is 291 g/mol. The lowest BCUT2D eigenvalue weighted by molar-refractivity contribution is -0.384. The molecule has 1 aromatic rings. The number of ether oxygens (including phenoxy) is 1. The molecular formula is C15H21N3O3. The van der Waals surface area contributed by atoms with Crippen molar-refractivity contribution in [1.82, 2.24) is 5.32 Å². The zero-order chi connectivity index (χ0) is 15.2. The van der Waals surface area contributed by atoms with Crippen LogP contribution >= 0.6 is 0 Å². The highest BCUT2D eigenvalue weighted by molar-refractivity contribution is 5.67. The van der Waals surface area contributed by atoms with Crippen molar-refractivity contribution in [2.24, 2.45) is 11.8 Å². The van der Waals surface area contributed by atoms with E-state index in [0.717, 1.165) is 19.6 Å². The third kappa shape index (κ3) is 2.14. The van der Waals surface area contributed by atoms with Crippen molar-refractivity contribution >= 4 is 11.4 Å². The van der Waals surface area contributed by atoms with E-state index < -0.39 is 0 Å². The minimum Gasteiger partial charge on any atom is -0.496 e. The lowest BCUT2D eigenvalue weighted by Crippen LogP contribution is -2.44. The molecule has 0 aromatic heterocycles. The summed E-state index contributed by atoms with van der Waals surface area (Å²) in [6.07, 6.45) is 0. The van der Waals surface area contributed by atoms with Gasteiger partial charge in [-0.15, -0.1) is 0 Å². The Labute approximate surface area is 124 Å². The summed E-state index contributed by atoms with van der Waals surface area (Å²) in [5.74, 6) is 1.60. The summed E-state index contributed by atoms with van der Waals surface area (Å²) in [7, 11) is 1.52. The summed E-state index contributed by atoms with van der Waals surface area (Å²) >= 11 is 0. The van der Waals surface area contributed by atoms with E-state index in [9.17, 15) is 10.1 Å². The van der Waals surface area contributed by atoms with Gasteiger partial charge in [0, 0.05) is 25.2 Å². The van der Waals surface area contributed by atoms with Crippen molar-refractivity contribution in [3.05, 3.63) is 28.3 Å². The van der Waals surface area contributed by atoms with Crippen LogP contribution in [-0.4, -0.2) is 37.2 Å².